The lowest BCUT2D eigenvalue weighted by Gasteiger charge is -2.42. The van der Waals surface area contributed by atoms with Crippen molar-refractivity contribution in [2.45, 2.75) is 57.3 Å². The van der Waals surface area contributed by atoms with Gasteiger partial charge in [0.05, 0.1) is 0 Å². The van der Waals surface area contributed by atoms with E-state index in [0.717, 1.165) is 24.3 Å². The summed E-state index contributed by atoms with van der Waals surface area (Å²) in [6, 6.07) is 11.5. The molecule has 0 amide bonds. The lowest BCUT2D eigenvalue weighted by Crippen LogP contribution is -2.38. The van der Waals surface area contributed by atoms with Crippen LogP contribution in [0.4, 0.5) is 0 Å². The Morgan fingerprint density at radius 3 is 2.96 bits per heavy atom. The highest BCUT2D eigenvalue weighted by molar-refractivity contribution is 6.05. The van der Waals surface area contributed by atoms with E-state index >= 15 is 0 Å². The summed E-state index contributed by atoms with van der Waals surface area (Å²) < 4.78 is 0. The minimum absolute atomic E-state index is 0.224. The van der Waals surface area contributed by atoms with Crippen molar-refractivity contribution in [1.29, 1.82) is 0 Å². The molecule has 0 aromatic heterocycles. The zero-order valence-electron chi connectivity index (χ0n) is 15.2. The number of hydrogen-bond acceptors (Lipinski definition) is 1. The summed E-state index contributed by atoms with van der Waals surface area (Å²) in [7, 11) is 0. The third-order valence-corrected chi connectivity index (χ3v) is 8.70. The van der Waals surface area contributed by atoms with Crippen molar-refractivity contribution in [2.24, 2.45) is 17.3 Å². The molecular formula is C25H24O. The summed E-state index contributed by atoms with van der Waals surface area (Å²) >= 11 is 0. The van der Waals surface area contributed by atoms with Crippen LogP contribution in [0.15, 0.2) is 41.5 Å². The van der Waals surface area contributed by atoms with Crippen LogP contribution in [0.5, 0.6) is 0 Å². The first-order valence-electron chi connectivity index (χ1n) is 10.6. The number of ketones is 1. The van der Waals surface area contributed by atoms with Gasteiger partial charge in [0.2, 0.25) is 0 Å². The van der Waals surface area contributed by atoms with E-state index in [9.17, 15) is 4.79 Å². The molecule has 26 heavy (non-hydrogen) atoms. The molecule has 1 spiro atoms. The van der Waals surface area contributed by atoms with Crippen molar-refractivity contribution >= 4 is 16.6 Å². The van der Waals surface area contributed by atoms with Gasteiger partial charge in [-0.25, -0.2) is 0 Å². The molecule has 6 aliphatic carbocycles. The minimum atomic E-state index is 0.224. The largest absolute Gasteiger partial charge is 0.294 e. The predicted octanol–water partition coefficient (Wildman–Crippen LogP) is 5.96. The summed E-state index contributed by atoms with van der Waals surface area (Å²) in [4.78, 5) is 13.7. The van der Waals surface area contributed by atoms with Crippen LogP contribution < -0.4 is 0 Å². The summed E-state index contributed by atoms with van der Waals surface area (Å²) in [5, 5.41) is 2.71. The van der Waals surface area contributed by atoms with Gasteiger partial charge in [0.1, 0.15) is 0 Å². The smallest absolute Gasteiger partial charge is 0.167 e. The molecule has 0 N–H and O–H groups in total. The maximum Gasteiger partial charge on any atom is 0.167 e. The summed E-state index contributed by atoms with van der Waals surface area (Å²) in [6.45, 7) is 0. The Hall–Kier alpha value is -1.89. The summed E-state index contributed by atoms with van der Waals surface area (Å²) in [6.07, 6.45) is 9.93. The number of Topliss-reactive ketones (excluding diaryl/α,β-unsaturated/α-hetero) is 1. The van der Waals surface area contributed by atoms with Gasteiger partial charge in [0.15, 0.2) is 5.78 Å². The van der Waals surface area contributed by atoms with Gasteiger partial charge in [-0.1, -0.05) is 35.4 Å². The van der Waals surface area contributed by atoms with Crippen molar-refractivity contribution in [1.82, 2.24) is 0 Å². The average Bonchev–Trinajstić information content (AvgIpc) is 3.24. The number of hydrogen-bond donors (Lipinski definition) is 0. The minimum Gasteiger partial charge on any atom is -0.294 e. The predicted molar refractivity (Wildman–Crippen MR) is 103 cm³/mol. The standard InChI is InChI=1S/C25H24O/c26-24-20-12-14-3-1-4-17-18-5-2-6-21-23(18)16-9-10-25(21,13-16)22(24)8-7-15(20)11-19(14)17/h1,3-4,11-12,16,18,22H,2,5-10,13H2. The molecule has 1 saturated carbocycles. The molecule has 0 radical (unpaired) electrons. The molecule has 6 aliphatic rings. The highest BCUT2D eigenvalue weighted by Crippen LogP contribution is 2.68. The van der Waals surface area contributed by atoms with E-state index in [1.807, 2.05) is 0 Å². The van der Waals surface area contributed by atoms with E-state index in [0.29, 0.717) is 11.7 Å². The molecule has 8 rings (SSSR count). The lowest BCUT2D eigenvalue weighted by atomic mass is 9.60. The van der Waals surface area contributed by atoms with Gasteiger partial charge in [0, 0.05) is 22.8 Å². The molecule has 1 nitrogen and oxygen atoms in total. The fraction of sp³-hybridized carbons (Fsp3) is 0.480. The van der Waals surface area contributed by atoms with Crippen LogP contribution in [0.3, 0.4) is 0 Å². The van der Waals surface area contributed by atoms with Crippen LogP contribution >= 0.6 is 0 Å². The Morgan fingerprint density at radius 2 is 2.00 bits per heavy atom. The van der Waals surface area contributed by atoms with Crippen molar-refractivity contribution in [3.05, 3.63) is 58.2 Å². The Bertz CT molecular complexity index is 1040. The number of aryl methyl sites for hydroxylation is 1. The van der Waals surface area contributed by atoms with E-state index in [4.69, 9.17) is 0 Å². The average molecular weight is 340 g/mol. The molecule has 2 aromatic carbocycles. The fourth-order valence-electron chi connectivity index (χ4n) is 7.81. The Kier molecular flexibility index (Phi) is 2.46. The second kappa shape index (κ2) is 4.50. The monoisotopic (exact) mass is 340 g/mol. The van der Waals surface area contributed by atoms with Gasteiger partial charge in [0.25, 0.3) is 0 Å². The number of carbonyl (C=O) groups excluding carboxylic acids is 1. The molecule has 4 atom stereocenters. The van der Waals surface area contributed by atoms with E-state index < -0.39 is 0 Å². The Labute approximate surface area is 154 Å². The van der Waals surface area contributed by atoms with Crippen molar-refractivity contribution in [2.75, 3.05) is 0 Å². The van der Waals surface area contributed by atoms with Gasteiger partial charge >= 0.3 is 0 Å². The zero-order chi connectivity index (χ0) is 17.0. The maximum absolute atomic E-state index is 13.7. The highest BCUT2D eigenvalue weighted by atomic mass is 16.1. The number of carbonyl (C=O) groups is 1. The van der Waals surface area contributed by atoms with E-state index in [1.165, 1.54) is 54.9 Å². The van der Waals surface area contributed by atoms with Gasteiger partial charge < -0.3 is 0 Å². The Morgan fingerprint density at radius 1 is 1.04 bits per heavy atom. The molecule has 2 aromatic rings. The number of allylic oxidation sites excluding steroid dienone is 2. The molecule has 130 valence electrons. The van der Waals surface area contributed by atoms with Crippen LogP contribution in [-0.2, 0) is 6.42 Å². The molecule has 0 aliphatic heterocycles. The van der Waals surface area contributed by atoms with Crippen LogP contribution in [-0.4, -0.2) is 5.78 Å². The lowest BCUT2D eigenvalue weighted by molar-refractivity contribution is 0.0768. The molecule has 4 unspecified atom stereocenters. The number of rotatable bonds is 0. The SMILES string of the molecule is O=C1c2cc3cccc4c3cc2CCC1C12CCC(C1)C1=C2CCCC14. The van der Waals surface area contributed by atoms with Crippen molar-refractivity contribution < 1.29 is 4.79 Å². The summed E-state index contributed by atoms with van der Waals surface area (Å²) in [5.74, 6) is 2.09. The van der Waals surface area contributed by atoms with Gasteiger partial charge in [-0.2, -0.15) is 0 Å². The number of benzene rings is 2. The van der Waals surface area contributed by atoms with E-state index in [1.54, 1.807) is 16.7 Å². The van der Waals surface area contributed by atoms with Crippen LogP contribution in [0.2, 0.25) is 0 Å². The van der Waals surface area contributed by atoms with Crippen molar-refractivity contribution in [3.63, 3.8) is 0 Å². The second-order valence-corrected chi connectivity index (χ2v) is 9.51. The van der Waals surface area contributed by atoms with Gasteiger partial charge in [-0.3, -0.25) is 4.79 Å². The van der Waals surface area contributed by atoms with Gasteiger partial charge in [-0.05, 0) is 85.3 Å². The van der Waals surface area contributed by atoms with Crippen LogP contribution in [0, 0.1) is 17.3 Å². The zero-order valence-corrected chi connectivity index (χ0v) is 15.2. The molecule has 1 fully saturated rings. The first-order chi connectivity index (χ1) is 12.8. The summed E-state index contributed by atoms with van der Waals surface area (Å²) in [5.41, 5.74) is 7.70. The normalized spacial score (nSPS) is 36.5. The third kappa shape index (κ3) is 1.46. The quantitative estimate of drug-likeness (QED) is 0.541. The van der Waals surface area contributed by atoms with Crippen molar-refractivity contribution in [3.8, 4) is 0 Å². The molecule has 1 heteroatoms. The first kappa shape index (κ1) is 14.2. The Balaban J connectivity index is 1.66. The fourth-order valence-corrected chi connectivity index (χ4v) is 7.81. The van der Waals surface area contributed by atoms with Gasteiger partial charge in [-0.15, -0.1) is 0 Å². The molecule has 11 bridgehead atoms. The maximum atomic E-state index is 13.7. The molecule has 0 heterocycles. The van der Waals surface area contributed by atoms with Crippen LogP contribution in [0.1, 0.15) is 72.3 Å². The number of fused-ring (bicyclic) bond motifs is 2. The first-order valence-corrected chi connectivity index (χ1v) is 10.6. The highest BCUT2D eigenvalue weighted by Gasteiger charge is 2.58. The van der Waals surface area contributed by atoms with E-state index in [-0.39, 0.29) is 11.3 Å². The molecular weight excluding hydrogens is 316 g/mol. The third-order valence-electron chi connectivity index (χ3n) is 8.70. The van der Waals surface area contributed by atoms with Crippen LogP contribution in [0.25, 0.3) is 10.8 Å². The molecule has 0 saturated heterocycles. The van der Waals surface area contributed by atoms with E-state index in [2.05, 4.69) is 30.3 Å². The second-order valence-electron chi connectivity index (χ2n) is 9.51. The topological polar surface area (TPSA) is 17.1 Å².